The SMILES string of the molecule is CCCN1CCN(C)CC1CCN. The van der Waals surface area contributed by atoms with E-state index in [2.05, 4.69) is 23.8 Å². The van der Waals surface area contributed by atoms with E-state index in [0.717, 1.165) is 13.0 Å². The van der Waals surface area contributed by atoms with Gasteiger partial charge in [0.25, 0.3) is 0 Å². The number of piperazine rings is 1. The van der Waals surface area contributed by atoms with Crippen molar-refractivity contribution < 1.29 is 0 Å². The molecule has 3 nitrogen and oxygen atoms in total. The van der Waals surface area contributed by atoms with E-state index in [1.54, 1.807) is 0 Å². The average Bonchev–Trinajstić information content (AvgIpc) is 2.10. The van der Waals surface area contributed by atoms with Gasteiger partial charge in [-0.25, -0.2) is 0 Å². The minimum Gasteiger partial charge on any atom is -0.330 e. The van der Waals surface area contributed by atoms with Crippen molar-refractivity contribution in [3.8, 4) is 0 Å². The third kappa shape index (κ3) is 3.25. The molecular formula is C10H23N3. The highest BCUT2D eigenvalue weighted by atomic mass is 15.3. The molecule has 1 unspecified atom stereocenters. The minimum absolute atomic E-state index is 0.698. The van der Waals surface area contributed by atoms with Gasteiger partial charge in [-0.2, -0.15) is 0 Å². The number of rotatable bonds is 4. The van der Waals surface area contributed by atoms with Crippen LogP contribution >= 0.6 is 0 Å². The monoisotopic (exact) mass is 185 g/mol. The lowest BCUT2D eigenvalue weighted by Crippen LogP contribution is -2.52. The maximum atomic E-state index is 5.62. The lowest BCUT2D eigenvalue weighted by atomic mass is 10.1. The van der Waals surface area contributed by atoms with Crippen molar-refractivity contribution in [2.45, 2.75) is 25.8 Å². The Hall–Kier alpha value is -0.120. The fraction of sp³-hybridized carbons (Fsp3) is 1.00. The minimum atomic E-state index is 0.698. The molecule has 0 spiro atoms. The van der Waals surface area contributed by atoms with E-state index in [-0.39, 0.29) is 0 Å². The van der Waals surface area contributed by atoms with Crippen molar-refractivity contribution >= 4 is 0 Å². The molecular weight excluding hydrogens is 162 g/mol. The zero-order valence-electron chi connectivity index (χ0n) is 9.00. The van der Waals surface area contributed by atoms with Crippen LogP contribution in [0, 0.1) is 0 Å². The van der Waals surface area contributed by atoms with E-state index < -0.39 is 0 Å². The summed E-state index contributed by atoms with van der Waals surface area (Å²) in [6, 6.07) is 0.698. The fourth-order valence-electron chi connectivity index (χ4n) is 2.10. The van der Waals surface area contributed by atoms with Crippen molar-refractivity contribution in [1.29, 1.82) is 0 Å². The van der Waals surface area contributed by atoms with Crippen LogP contribution in [-0.2, 0) is 0 Å². The summed E-state index contributed by atoms with van der Waals surface area (Å²) >= 11 is 0. The summed E-state index contributed by atoms with van der Waals surface area (Å²) < 4.78 is 0. The van der Waals surface area contributed by atoms with E-state index in [9.17, 15) is 0 Å². The number of hydrogen-bond acceptors (Lipinski definition) is 3. The molecule has 0 aliphatic carbocycles. The quantitative estimate of drug-likeness (QED) is 0.686. The zero-order chi connectivity index (χ0) is 9.68. The van der Waals surface area contributed by atoms with Gasteiger partial charge in [-0.15, -0.1) is 0 Å². The summed E-state index contributed by atoms with van der Waals surface area (Å²) in [5.74, 6) is 0. The Balaban J connectivity index is 2.40. The number of nitrogens with two attached hydrogens (primary N) is 1. The van der Waals surface area contributed by atoms with Crippen LogP contribution in [0.1, 0.15) is 19.8 Å². The molecule has 0 bridgehead atoms. The molecule has 1 aliphatic rings. The Kier molecular flexibility index (Phi) is 4.70. The fourth-order valence-corrected chi connectivity index (χ4v) is 2.10. The maximum Gasteiger partial charge on any atom is 0.0235 e. The van der Waals surface area contributed by atoms with Crippen molar-refractivity contribution in [2.75, 3.05) is 39.8 Å². The summed E-state index contributed by atoms with van der Waals surface area (Å²) in [6.45, 7) is 7.92. The Labute approximate surface area is 81.9 Å². The van der Waals surface area contributed by atoms with Gasteiger partial charge in [0.2, 0.25) is 0 Å². The van der Waals surface area contributed by atoms with Crippen LogP contribution in [0.4, 0.5) is 0 Å². The van der Waals surface area contributed by atoms with Gasteiger partial charge in [0.1, 0.15) is 0 Å². The van der Waals surface area contributed by atoms with Crippen LogP contribution < -0.4 is 5.73 Å². The number of hydrogen-bond donors (Lipinski definition) is 1. The third-order valence-corrected chi connectivity index (χ3v) is 2.82. The molecule has 2 N–H and O–H groups in total. The molecule has 0 radical (unpaired) electrons. The van der Waals surface area contributed by atoms with Gasteiger partial charge in [0, 0.05) is 25.7 Å². The molecule has 1 atom stereocenters. The largest absolute Gasteiger partial charge is 0.330 e. The van der Waals surface area contributed by atoms with Crippen LogP contribution in [0.3, 0.4) is 0 Å². The molecule has 3 heteroatoms. The highest BCUT2D eigenvalue weighted by Crippen LogP contribution is 2.11. The van der Waals surface area contributed by atoms with Gasteiger partial charge < -0.3 is 10.6 Å². The van der Waals surface area contributed by atoms with E-state index >= 15 is 0 Å². The molecule has 1 fully saturated rings. The normalized spacial score (nSPS) is 26.5. The smallest absolute Gasteiger partial charge is 0.0235 e. The average molecular weight is 185 g/mol. The predicted molar refractivity (Wildman–Crippen MR) is 56.8 cm³/mol. The Morgan fingerprint density at radius 1 is 1.38 bits per heavy atom. The second-order valence-corrected chi connectivity index (χ2v) is 4.03. The first kappa shape index (κ1) is 11.0. The lowest BCUT2D eigenvalue weighted by Gasteiger charge is -2.39. The molecule has 0 aromatic heterocycles. The van der Waals surface area contributed by atoms with E-state index in [1.165, 1.54) is 32.6 Å². The number of nitrogens with zero attached hydrogens (tertiary/aromatic N) is 2. The Bertz CT molecular complexity index is 138. The van der Waals surface area contributed by atoms with E-state index in [4.69, 9.17) is 5.73 Å². The zero-order valence-corrected chi connectivity index (χ0v) is 9.00. The van der Waals surface area contributed by atoms with Crippen LogP contribution in [-0.4, -0.2) is 55.6 Å². The van der Waals surface area contributed by atoms with Crippen LogP contribution in [0.25, 0.3) is 0 Å². The highest BCUT2D eigenvalue weighted by Gasteiger charge is 2.23. The topological polar surface area (TPSA) is 32.5 Å². The third-order valence-electron chi connectivity index (χ3n) is 2.82. The van der Waals surface area contributed by atoms with Crippen LogP contribution in [0.15, 0.2) is 0 Å². The second kappa shape index (κ2) is 5.58. The van der Waals surface area contributed by atoms with Crippen LogP contribution in [0.5, 0.6) is 0 Å². The molecule has 0 aromatic rings. The highest BCUT2D eigenvalue weighted by molar-refractivity contribution is 4.80. The molecule has 1 saturated heterocycles. The van der Waals surface area contributed by atoms with Crippen molar-refractivity contribution in [3.63, 3.8) is 0 Å². The molecule has 0 saturated carbocycles. The summed E-state index contributed by atoms with van der Waals surface area (Å²) in [6.07, 6.45) is 2.40. The first-order valence-corrected chi connectivity index (χ1v) is 5.40. The van der Waals surface area contributed by atoms with E-state index in [1.807, 2.05) is 0 Å². The molecule has 1 aliphatic heterocycles. The maximum absolute atomic E-state index is 5.62. The van der Waals surface area contributed by atoms with Crippen molar-refractivity contribution in [2.24, 2.45) is 5.73 Å². The molecule has 1 heterocycles. The Morgan fingerprint density at radius 2 is 2.15 bits per heavy atom. The van der Waals surface area contributed by atoms with Gasteiger partial charge in [0.15, 0.2) is 0 Å². The Morgan fingerprint density at radius 3 is 2.77 bits per heavy atom. The molecule has 0 aromatic carbocycles. The van der Waals surface area contributed by atoms with Gasteiger partial charge in [-0.1, -0.05) is 6.92 Å². The standard InChI is InChI=1S/C10H23N3/c1-3-6-13-8-7-12(2)9-10(13)4-5-11/h10H,3-9,11H2,1-2H3. The first-order valence-electron chi connectivity index (χ1n) is 5.40. The molecule has 0 amide bonds. The van der Waals surface area contributed by atoms with E-state index in [0.29, 0.717) is 6.04 Å². The van der Waals surface area contributed by atoms with Crippen LogP contribution in [0.2, 0.25) is 0 Å². The summed E-state index contributed by atoms with van der Waals surface area (Å²) in [7, 11) is 2.20. The molecule has 1 rings (SSSR count). The second-order valence-electron chi connectivity index (χ2n) is 4.03. The summed E-state index contributed by atoms with van der Waals surface area (Å²) in [5.41, 5.74) is 5.62. The van der Waals surface area contributed by atoms with Crippen molar-refractivity contribution in [3.05, 3.63) is 0 Å². The molecule has 13 heavy (non-hydrogen) atoms. The predicted octanol–water partition coefficient (Wildman–Crippen LogP) is 0.361. The lowest BCUT2D eigenvalue weighted by molar-refractivity contribution is 0.0862. The summed E-state index contributed by atoms with van der Waals surface area (Å²) in [5, 5.41) is 0. The summed E-state index contributed by atoms with van der Waals surface area (Å²) in [4.78, 5) is 5.00. The number of likely N-dealkylation sites (N-methyl/N-ethyl adjacent to an activating group) is 1. The van der Waals surface area contributed by atoms with Gasteiger partial charge in [-0.3, -0.25) is 4.90 Å². The van der Waals surface area contributed by atoms with Gasteiger partial charge >= 0.3 is 0 Å². The van der Waals surface area contributed by atoms with Crippen molar-refractivity contribution in [1.82, 2.24) is 9.80 Å². The first-order chi connectivity index (χ1) is 6.27. The molecule has 78 valence electrons. The van der Waals surface area contributed by atoms with Gasteiger partial charge in [0.05, 0.1) is 0 Å². The van der Waals surface area contributed by atoms with Gasteiger partial charge in [-0.05, 0) is 33.0 Å².